The van der Waals surface area contributed by atoms with Crippen molar-refractivity contribution in [2.45, 2.75) is 38.3 Å². The summed E-state index contributed by atoms with van der Waals surface area (Å²) in [6.45, 7) is 3.42. The number of hydrogen-bond donors (Lipinski definition) is 1. The lowest BCUT2D eigenvalue weighted by atomic mass is 10.1. The monoisotopic (exact) mass is 319 g/mol. The van der Waals surface area contributed by atoms with Gasteiger partial charge in [-0.2, -0.15) is 0 Å². The topological polar surface area (TPSA) is 56.2 Å². The highest BCUT2D eigenvalue weighted by atomic mass is 35.5. The Kier molecular flexibility index (Phi) is 3.83. The van der Waals surface area contributed by atoms with Gasteiger partial charge in [0.2, 0.25) is 0 Å². The van der Waals surface area contributed by atoms with Crippen molar-refractivity contribution < 1.29 is 9.53 Å². The highest BCUT2D eigenvalue weighted by molar-refractivity contribution is 6.31. The van der Waals surface area contributed by atoms with Gasteiger partial charge in [-0.25, -0.2) is 4.68 Å². The van der Waals surface area contributed by atoms with Crippen molar-refractivity contribution in [1.29, 1.82) is 0 Å². The van der Waals surface area contributed by atoms with Crippen LogP contribution in [0.25, 0.3) is 5.69 Å². The first-order chi connectivity index (χ1) is 10.5. The van der Waals surface area contributed by atoms with Crippen molar-refractivity contribution in [3.05, 3.63) is 41.6 Å². The molecule has 6 heteroatoms. The fraction of sp³-hybridized carbons (Fsp3) is 0.375. The fourth-order valence-electron chi connectivity index (χ4n) is 1.99. The van der Waals surface area contributed by atoms with Gasteiger partial charge in [0.1, 0.15) is 5.02 Å². The highest BCUT2D eigenvalue weighted by Crippen LogP contribution is 2.28. The zero-order valence-corrected chi connectivity index (χ0v) is 13.3. The quantitative estimate of drug-likeness (QED) is 0.921. The Morgan fingerprint density at radius 3 is 2.68 bits per heavy atom. The molecule has 1 N–H and O–H groups in total. The van der Waals surface area contributed by atoms with Gasteiger partial charge in [0.05, 0.1) is 11.9 Å². The van der Waals surface area contributed by atoms with Gasteiger partial charge in [-0.05, 0) is 38.8 Å². The second kappa shape index (κ2) is 5.65. The minimum Gasteiger partial charge on any atom is -0.459 e. The lowest BCUT2D eigenvalue weighted by molar-refractivity contribution is -0.134. The van der Waals surface area contributed by atoms with Crippen molar-refractivity contribution in [2.75, 3.05) is 0 Å². The number of halogens is 1. The Hall–Kier alpha value is -2.01. The second-order valence-corrected chi connectivity index (χ2v) is 6.33. The second-order valence-electron chi connectivity index (χ2n) is 5.92. The van der Waals surface area contributed by atoms with Crippen LogP contribution in [0, 0.1) is 0 Å². The molecule has 0 unspecified atom stereocenters. The lowest BCUT2D eigenvalue weighted by Gasteiger charge is -2.24. The van der Waals surface area contributed by atoms with E-state index in [0.717, 1.165) is 18.5 Å². The summed E-state index contributed by atoms with van der Waals surface area (Å²) in [5, 5.41) is 7.63. The van der Waals surface area contributed by atoms with E-state index in [9.17, 15) is 4.79 Å². The zero-order valence-electron chi connectivity index (χ0n) is 12.5. The molecule has 1 amide bonds. The summed E-state index contributed by atoms with van der Waals surface area (Å²) in [6, 6.07) is 9.87. The van der Waals surface area contributed by atoms with Crippen LogP contribution in [0.2, 0.25) is 5.02 Å². The highest BCUT2D eigenvalue weighted by Gasteiger charge is 2.35. The molecule has 1 aliphatic rings. The maximum absolute atomic E-state index is 12.2. The Balaban J connectivity index is 1.77. The zero-order chi connectivity index (χ0) is 15.7. The van der Waals surface area contributed by atoms with Crippen LogP contribution in [0.3, 0.4) is 0 Å². The fourth-order valence-corrected chi connectivity index (χ4v) is 2.16. The molecule has 0 radical (unpaired) electrons. The molecule has 1 aliphatic carbocycles. The largest absolute Gasteiger partial charge is 0.459 e. The average Bonchev–Trinajstić information content (AvgIpc) is 3.23. The molecule has 0 bridgehead atoms. The average molecular weight is 320 g/mol. The number of aromatic nitrogens is 2. The lowest BCUT2D eigenvalue weighted by Crippen LogP contribution is -2.47. The molecule has 0 spiro atoms. The van der Waals surface area contributed by atoms with Crippen LogP contribution in [-0.2, 0) is 4.79 Å². The number of carbonyl (C=O) groups excluding carboxylic acids is 1. The van der Waals surface area contributed by atoms with Gasteiger partial charge in [-0.3, -0.25) is 4.79 Å². The number of hydrogen-bond acceptors (Lipinski definition) is 3. The smallest absolute Gasteiger partial charge is 0.263 e. The van der Waals surface area contributed by atoms with E-state index in [1.54, 1.807) is 24.7 Å². The predicted molar refractivity (Wildman–Crippen MR) is 84.4 cm³/mol. The summed E-state index contributed by atoms with van der Waals surface area (Å²) in [5.41, 5.74) is -0.151. The Labute approximate surface area is 134 Å². The van der Waals surface area contributed by atoms with E-state index in [0.29, 0.717) is 5.02 Å². The number of nitrogens with one attached hydrogen (secondary N) is 1. The molecular formula is C16H18ClN3O2. The van der Waals surface area contributed by atoms with E-state index in [1.807, 2.05) is 30.3 Å². The van der Waals surface area contributed by atoms with Crippen molar-refractivity contribution in [2.24, 2.45) is 0 Å². The summed E-state index contributed by atoms with van der Waals surface area (Å²) in [4.78, 5) is 12.2. The summed E-state index contributed by atoms with van der Waals surface area (Å²) >= 11 is 6.18. The standard InChI is InChI=1S/C16H18ClN3O2/c1-16(2,15(21)18-11-8-9-11)22-14-13(17)10-20(19-14)12-6-4-3-5-7-12/h3-7,10-11H,8-9H2,1-2H3,(H,18,21). The maximum Gasteiger partial charge on any atom is 0.263 e. The molecule has 0 atom stereocenters. The molecule has 1 aromatic carbocycles. The van der Waals surface area contributed by atoms with Gasteiger partial charge < -0.3 is 10.1 Å². The molecule has 5 nitrogen and oxygen atoms in total. The molecule has 2 aromatic rings. The molecule has 1 aromatic heterocycles. The van der Waals surface area contributed by atoms with Crippen molar-refractivity contribution in [3.8, 4) is 11.6 Å². The molecule has 1 heterocycles. The summed E-state index contributed by atoms with van der Waals surface area (Å²) in [7, 11) is 0. The van der Waals surface area contributed by atoms with Crippen LogP contribution in [0.15, 0.2) is 36.5 Å². The number of para-hydroxylation sites is 1. The van der Waals surface area contributed by atoms with Crippen LogP contribution >= 0.6 is 11.6 Å². The Bertz CT molecular complexity index is 678. The van der Waals surface area contributed by atoms with Gasteiger partial charge in [-0.1, -0.05) is 29.8 Å². The van der Waals surface area contributed by atoms with Crippen molar-refractivity contribution in [3.63, 3.8) is 0 Å². The van der Waals surface area contributed by atoms with Crippen molar-refractivity contribution >= 4 is 17.5 Å². The Morgan fingerprint density at radius 2 is 2.05 bits per heavy atom. The third-order valence-electron chi connectivity index (χ3n) is 3.47. The molecule has 0 saturated heterocycles. The molecule has 1 fully saturated rings. The van der Waals surface area contributed by atoms with Crippen LogP contribution in [-0.4, -0.2) is 27.3 Å². The minimum atomic E-state index is -1.03. The van der Waals surface area contributed by atoms with Crippen molar-refractivity contribution in [1.82, 2.24) is 15.1 Å². The molecular weight excluding hydrogens is 302 g/mol. The normalized spacial score (nSPS) is 14.7. The van der Waals surface area contributed by atoms with Gasteiger partial charge >= 0.3 is 0 Å². The Morgan fingerprint density at radius 1 is 1.36 bits per heavy atom. The molecule has 1 saturated carbocycles. The molecule has 0 aliphatic heterocycles. The number of rotatable bonds is 5. The minimum absolute atomic E-state index is 0.152. The van der Waals surface area contributed by atoms with E-state index in [4.69, 9.17) is 16.3 Å². The number of benzene rings is 1. The number of amides is 1. The van der Waals surface area contributed by atoms with Crippen LogP contribution in [0.4, 0.5) is 0 Å². The van der Waals surface area contributed by atoms with Crippen LogP contribution in [0.5, 0.6) is 5.88 Å². The van der Waals surface area contributed by atoms with E-state index in [-0.39, 0.29) is 17.8 Å². The summed E-state index contributed by atoms with van der Waals surface area (Å²) < 4.78 is 7.38. The first kappa shape index (κ1) is 14.9. The molecule has 3 rings (SSSR count). The van der Waals surface area contributed by atoms with Gasteiger partial charge in [0, 0.05) is 6.04 Å². The number of nitrogens with zero attached hydrogens (tertiary/aromatic N) is 2. The van der Waals surface area contributed by atoms with Crippen LogP contribution in [0.1, 0.15) is 26.7 Å². The number of carbonyl (C=O) groups is 1. The summed E-state index contributed by atoms with van der Waals surface area (Å²) in [6.07, 6.45) is 3.73. The summed E-state index contributed by atoms with van der Waals surface area (Å²) in [5.74, 6) is 0.0989. The third-order valence-corrected chi connectivity index (χ3v) is 3.73. The molecule has 22 heavy (non-hydrogen) atoms. The van der Waals surface area contributed by atoms with E-state index >= 15 is 0 Å². The maximum atomic E-state index is 12.2. The van der Waals surface area contributed by atoms with E-state index in [1.165, 1.54) is 0 Å². The first-order valence-corrected chi connectivity index (χ1v) is 7.64. The van der Waals surface area contributed by atoms with Gasteiger partial charge in [0.25, 0.3) is 11.8 Å². The number of ether oxygens (including phenoxy) is 1. The van der Waals surface area contributed by atoms with Gasteiger partial charge in [-0.15, -0.1) is 5.10 Å². The first-order valence-electron chi connectivity index (χ1n) is 7.26. The van der Waals surface area contributed by atoms with E-state index < -0.39 is 5.60 Å². The SMILES string of the molecule is CC(C)(Oc1nn(-c2ccccc2)cc1Cl)C(=O)NC1CC1. The third kappa shape index (κ3) is 3.25. The predicted octanol–water partition coefficient (Wildman–Crippen LogP) is 2.96. The van der Waals surface area contributed by atoms with Gasteiger partial charge in [0.15, 0.2) is 5.60 Å². The van der Waals surface area contributed by atoms with E-state index in [2.05, 4.69) is 10.4 Å². The van der Waals surface area contributed by atoms with Crippen LogP contribution < -0.4 is 10.1 Å². The molecule has 116 valence electrons.